The van der Waals surface area contributed by atoms with E-state index < -0.39 is 15.5 Å². The largest absolute Gasteiger partial charge is 0.315 e. The van der Waals surface area contributed by atoms with Gasteiger partial charge in [0.15, 0.2) is 0 Å². The Morgan fingerprint density at radius 3 is 2.73 bits per heavy atom. The molecule has 3 nitrogen and oxygen atoms in total. The standard InChI is InChI=1S/C6H12FNO2S/c7-11(9,10)6-3-1-2-4-8-5-6/h6,8H,1-5H2. The minimum Gasteiger partial charge on any atom is -0.315 e. The smallest absolute Gasteiger partial charge is 0.306 e. The highest BCUT2D eigenvalue weighted by molar-refractivity contribution is 7.87. The Morgan fingerprint density at radius 1 is 1.36 bits per heavy atom. The number of halogens is 1. The summed E-state index contributed by atoms with van der Waals surface area (Å²) in [6.07, 6.45) is 2.18. The van der Waals surface area contributed by atoms with Crippen LogP contribution in [0.5, 0.6) is 0 Å². The van der Waals surface area contributed by atoms with E-state index in [4.69, 9.17) is 0 Å². The van der Waals surface area contributed by atoms with Gasteiger partial charge in [-0.2, -0.15) is 8.42 Å². The Hall–Kier alpha value is -0.160. The summed E-state index contributed by atoms with van der Waals surface area (Å²) >= 11 is 0. The minimum absolute atomic E-state index is 0.263. The topological polar surface area (TPSA) is 46.2 Å². The average molecular weight is 181 g/mol. The zero-order valence-electron chi connectivity index (χ0n) is 6.22. The van der Waals surface area contributed by atoms with Gasteiger partial charge in [-0.1, -0.05) is 6.42 Å². The Kier molecular flexibility index (Phi) is 2.84. The maximum Gasteiger partial charge on any atom is 0.306 e. The molecule has 1 rings (SSSR count). The van der Waals surface area contributed by atoms with Crippen LogP contribution < -0.4 is 5.32 Å². The fraction of sp³-hybridized carbons (Fsp3) is 1.00. The van der Waals surface area contributed by atoms with E-state index in [2.05, 4.69) is 5.32 Å². The second-order valence-electron chi connectivity index (χ2n) is 2.80. The average Bonchev–Trinajstić information content (AvgIpc) is 2.10. The number of nitrogens with one attached hydrogen (secondary N) is 1. The van der Waals surface area contributed by atoms with Crippen LogP contribution in [0.4, 0.5) is 3.89 Å². The number of hydrogen-bond donors (Lipinski definition) is 1. The summed E-state index contributed by atoms with van der Waals surface area (Å²) < 4.78 is 33.3. The lowest BCUT2D eigenvalue weighted by molar-refractivity contribution is 0.523. The first-order chi connectivity index (χ1) is 5.11. The van der Waals surface area contributed by atoms with Gasteiger partial charge in [-0.3, -0.25) is 0 Å². The quantitative estimate of drug-likeness (QED) is 0.597. The zero-order valence-corrected chi connectivity index (χ0v) is 7.03. The molecule has 0 aliphatic carbocycles. The van der Waals surface area contributed by atoms with Crippen molar-refractivity contribution in [1.82, 2.24) is 5.32 Å². The lowest BCUT2D eigenvalue weighted by Crippen LogP contribution is -2.29. The van der Waals surface area contributed by atoms with Crippen LogP contribution in [-0.2, 0) is 10.2 Å². The molecule has 0 saturated carbocycles. The molecular formula is C6H12FNO2S. The first-order valence-electron chi connectivity index (χ1n) is 3.75. The third kappa shape index (κ3) is 2.75. The van der Waals surface area contributed by atoms with Gasteiger partial charge in [-0.05, 0) is 19.4 Å². The number of hydrogen-bond acceptors (Lipinski definition) is 3. The molecule has 1 unspecified atom stereocenters. The molecule has 1 fully saturated rings. The molecule has 1 atom stereocenters. The van der Waals surface area contributed by atoms with Crippen LogP contribution in [0, 0.1) is 0 Å². The highest BCUT2D eigenvalue weighted by atomic mass is 32.3. The van der Waals surface area contributed by atoms with Crippen molar-refractivity contribution in [3.63, 3.8) is 0 Å². The van der Waals surface area contributed by atoms with Crippen LogP contribution in [0.25, 0.3) is 0 Å². The highest BCUT2D eigenvalue weighted by Crippen LogP contribution is 2.13. The summed E-state index contributed by atoms with van der Waals surface area (Å²) in [5.41, 5.74) is 0. The Morgan fingerprint density at radius 2 is 2.09 bits per heavy atom. The first-order valence-corrected chi connectivity index (χ1v) is 5.19. The van der Waals surface area contributed by atoms with Crippen molar-refractivity contribution in [2.45, 2.75) is 24.5 Å². The van der Waals surface area contributed by atoms with Gasteiger partial charge in [0.1, 0.15) is 5.25 Å². The van der Waals surface area contributed by atoms with Crippen LogP contribution >= 0.6 is 0 Å². The summed E-state index contributed by atoms with van der Waals surface area (Å²) in [7, 11) is -4.31. The van der Waals surface area contributed by atoms with E-state index in [-0.39, 0.29) is 6.54 Å². The fourth-order valence-corrected chi connectivity index (χ4v) is 1.99. The van der Waals surface area contributed by atoms with Crippen molar-refractivity contribution < 1.29 is 12.3 Å². The highest BCUT2D eigenvalue weighted by Gasteiger charge is 2.25. The molecule has 0 amide bonds. The molecule has 0 radical (unpaired) electrons. The van der Waals surface area contributed by atoms with Crippen LogP contribution in [0.2, 0.25) is 0 Å². The van der Waals surface area contributed by atoms with Crippen LogP contribution in [0.15, 0.2) is 0 Å². The van der Waals surface area contributed by atoms with Crippen LogP contribution in [0.1, 0.15) is 19.3 Å². The molecule has 0 aromatic heterocycles. The van der Waals surface area contributed by atoms with Crippen LogP contribution in [-0.4, -0.2) is 26.8 Å². The number of rotatable bonds is 1. The SMILES string of the molecule is O=S(=O)(F)C1CCCCNC1. The van der Waals surface area contributed by atoms with Gasteiger partial charge in [0, 0.05) is 6.54 Å². The third-order valence-electron chi connectivity index (χ3n) is 1.90. The van der Waals surface area contributed by atoms with Gasteiger partial charge >= 0.3 is 10.2 Å². The van der Waals surface area contributed by atoms with Gasteiger partial charge < -0.3 is 5.32 Å². The van der Waals surface area contributed by atoms with Gasteiger partial charge in [-0.15, -0.1) is 3.89 Å². The first kappa shape index (κ1) is 8.93. The van der Waals surface area contributed by atoms with Crippen molar-refractivity contribution in [2.75, 3.05) is 13.1 Å². The van der Waals surface area contributed by atoms with E-state index in [9.17, 15) is 12.3 Å². The summed E-state index contributed by atoms with van der Waals surface area (Å²) in [6.45, 7) is 1.06. The lowest BCUT2D eigenvalue weighted by Gasteiger charge is -2.07. The van der Waals surface area contributed by atoms with E-state index in [1.807, 2.05) is 0 Å². The van der Waals surface area contributed by atoms with Crippen molar-refractivity contribution in [1.29, 1.82) is 0 Å². The molecule has 11 heavy (non-hydrogen) atoms. The van der Waals surface area contributed by atoms with Crippen LogP contribution in [0.3, 0.4) is 0 Å². The Balaban J connectivity index is 2.57. The van der Waals surface area contributed by atoms with E-state index in [0.717, 1.165) is 19.4 Å². The predicted molar refractivity (Wildman–Crippen MR) is 40.5 cm³/mol. The molecule has 1 aliphatic rings. The minimum atomic E-state index is -4.31. The molecule has 5 heteroatoms. The maximum atomic E-state index is 12.4. The lowest BCUT2D eigenvalue weighted by atomic mass is 10.2. The molecule has 0 aromatic carbocycles. The Bertz CT molecular complexity index is 207. The van der Waals surface area contributed by atoms with Gasteiger partial charge in [-0.25, -0.2) is 0 Å². The normalized spacial score (nSPS) is 27.9. The maximum absolute atomic E-state index is 12.4. The van der Waals surface area contributed by atoms with E-state index in [1.165, 1.54) is 0 Å². The fourth-order valence-electron chi connectivity index (χ4n) is 1.23. The zero-order chi connectivity index (χ0) is 8.32. The van der Waals surface area contributed by atoms with Gasteiger partial charge in [0.2, 0.25) is 0 Å². The molecule has 66 valence electrons. The second kappa shape index (κ2) is 3.49. The molecule has 1 aliphatic heterocycles. The predicted octanol–water partition coefficient (Wildman–Crippen LogP) is 0.428. The van der Waals surface area contributed by atoms with Crippen molar-refractivity contribution in [2.24, 2.45) is 0 Å². The molecular weight excluding hydrogens is 169 g/mol. The monoisotopic (exact) mass is 181 g/mol. The molecule has 0 aromatic rings. The molecule has 0 spiro atoms. The van der Waals surface area contributed by atoms with Crippen molar-refractivity contribution >= 4 is 10.2 Å². The molecule has 1 N–H and O–H groups in total. The second-order valence-corrected chi connectivity index (χ2v) is 4.42. The van der Waals surface area contributed by atoms with Gasteiger partial charge in [0.05, 0.1) is 0 Å². The molecule has 1 saturated heterocycles. The third-order valence-corrected chi connectivity index (χ3v) is 3.10. The van der Waals surface area contributed by atoms with E-state index >= 15 is 0 Å². The van der Waals surface area contributed by atoms with Crippen molar-refractivity contribution in [3.05, 3.63) is 0 Å². The van der Waals surface area contributed by atoms with E-state index in [1.54, 1.807) is 0 Å². The van der Waals surface area contributed by atoms with Gasteiger partial charge in [0.25, 0.3) is 0 Å². The summed E-state index contributed by atoms with van der Waals surface area (Å²) in [5, 5.41) is 2.07. The van der Waals surface area contributed by atoms with Crippen molar-refractivity contribution in [3.8, 4) is 0 Å². The Labute approximate surface area is 66.2 Å². The summed E-state index contributed by atoms with van der Waals surface area (Å²) in [4.78, 5) is 0. The molecule has 0 bridgehead atoms. The van der Waals surface area contributed by atoms with E-state index in [0.29, 0.717) is 6.42 Å². The summed E-state index contributed by atoms with van der Waals surface area (Å²) in [5.74, 6) is 0. The molecule has 1 heterocycles. The summed E-state index contributed by atoms with van der Waals surface area (Å²) in [6, 6.07) is 0.